The highest BCUT2D eigenvalue weighted by molar-refractivity contribution is 5.69. The van der Waals surface area contributed by atoms with Crippen molar-refractivity contribution in [3.05, 3.63) is 0 Å². The van der Waals surface area contributed by atoms with E-state index in [-0.39, 0.29) is 26.0 Å². The minimum atomic E-state index is -0.169. The lowest BCUT2D eigenvalue weighted by molar-refractivity contribution is -0.143. The van der Waals surface area contributed by atoms with E-state index in [1.54, 1.807) is 0 Å². The molecule has 1 saturated heterocycles. The van der Waals surface area contributed by atoms with Crippen molar-refractivity contribution in [1.29, 1.82) is 0 Å². The van der Waals surface area contributed by atoms with Crippen LogP contribution in [0.15, 0.2) is 0 Å². The zero-order valence-corrected chi connectivity index (χ0v) is 13.2. The molecule has 1 aliphatic heterocycles. The van der Waals surface area contributed by atoms with E-state index >= 15 is 0 Å². The van der Waals surface area contributed by atoms with Crippen molar-refractivity contribution in [2.45, 2.75) is 72.6 Å². The molecule has 21 heavy (non-hydrogen) atoms. The second-order valence-electron chi connectivity index (χ2n) is 4.14. The molecule has 1 N–H and O–H groups in total. The van der Waals surface area contributed by atoms with Crippen molar-refractivity contribution in [2.24, 2.45) is 0 Å². The molecule has 5 heteroatoms. The summed E-state index contributed by atoms with van der Waals surface area (Å²) in [6, 6.07) is 0. The predicted molar refractivity (Wildman–Crippen MR) is 85.1 cm³/mol. The SMILES string of the molecule is C.CC.COC(=O)CCCCCO.O=C1CCCCCO1. The second-order valence-corrected chi connectivity index (χ2v) is 4.14. The molecule has 1 rings (SSSR count). The molecule has 0 aromatic heterocycles. The molecule has 0 aromatic rings. The van der Waals surface area contributed by atoms with Gasteiger partial charge in [-0.2, -0.15) is 0 Å². The molecule has 0 amide bonds. The van der Waals surface area contributed by atoms with Gasteiger partial charge in [0.1, 0.15) is 0 Å². The fourth-order valence-electron chi connectivity index (χ4n) is 1.47. The van der Waals surface area contributed by atoms with Crippen LogP contribution in [0.5, 0.6) is 0 Å². The Morgan fingerprint density at radius 2 is 1.86 bits per heavy atom. The standard InChI is InChI=1S/C7H14O3.C6H10O2.C2H6.CH4/c1-10-7(9)5-3-2-4-6-8;7-6-4-2-1-3-5-8-6;1-2;/h8H,2-6H2,1H3;1-5H2;1-2H3;1H4. The number of unbranched alkanes of at least 4 members (excludes halogenated alkanes) is 2. The molecule has 0 atom stereocenters. The number of hydrogen-bond donors (Lipinski definition) is 1. The third kappa shape index (κ3) is 21.4. The van der Waals surface area contributed by atoms with E-state index in [0.29, 0.717) is 19.4 Å². The smallest absolute Gasteiger partial charge is 0.305 e. The Labute approximate surface area is 130 Å². The van der Waals surface area contributed by atoms with E-state index in [9.17, 15) is 9.59 Å². The van der Waals surface area contributed by atoms with E-state index in [4.69, 9.17) is 9.84 Å². The molecule has 128 valence electrons. The van der Waals surface area contributed by atoms with E-state index in [1.165, 1.54) is 7.11 Å². The number of esters is 2. The summed E-state index contributed by atoms with van der Waals surface area (Å²) in [6.45, 7) is 4.85. The largest absolute Gasteiger partial charge is 0.469 e. The van der Waals surface area contributed by atoms with Crippen LogP contribution in [-0.2, 0) is 19.1 Å². The minimum Gasteiger partial charge on any atom is -0.469 e. The number of aliphatic hydroxyl groups is 1. The number of cyclic esters (lactones) is 1. The van der Waals surface area contributed by atoms with E-state index in [2.05, 4.69) is 4.74 Å². The number of carbonyl (C=O) groups is 2. The summed E-state index contributed by atoms with van der Waals surface area (Å²) in [6.07, 6.45) is 6.78. The number of ether oxygens (including phenoxy) is 2. The van der Waals surface area contributed by atoms with Gasteiger partial charge in [0.05, 0.1) is 13.7 Å². The fraction of sp³-hybridized carbons (Fsp3) is 0.875. The van der Waals surface area contributed by atoms with E-state index in [0.717, 1.165) is 38.5 Å². The number of carbonyl (C=O) groups excluding carboxylic acids is 2. The predicted octanol–water partition coefficient (Wildman–Crippen LogP) is 3.48. The first-order valence-corrected chi connectivity index (χ1v) is 7.54. The number of aliphatic hydroxyl groups excluding tert-OH is 1. The fourth-order valence-corrected chi connectivity index (χ4v) is 1.47. The Kier molecular flexibility index (Phi) is 25.1. The van der Waals surface area contributed by atoms with Crippen molar-refractivity contribution >= 4 is 11.9 Å². The molecule has 0 saturated carbocycles. The van der Waals surface area contributed by atoms with Crippen LogP contribution in [0.1, 0.15) is 72.6 Å². The van der Waals surface area contributed by atoms with Crippen LogP contribution in [-0.4, -0.2) is 37.4 Å². The van der Waals surface area contributed by atoms with Crippen molar-refractivity contribution < 1.29 is 24.2 Å². The molecule has 0 spiro atoms. The molecular formula is C16H34O5. The maximum absolute atomic E-state index is 10.5. The van der Waals surface area contributed by atoms with E-state index < -0.39 is 0 Å². The average molecular weight is 306 g/mol. The number of rotatable bonds is 5. The maximum atomic E-state index is 10.5. The third-order valence-electron chi connectivity index (χ3n) is 2.55. The lowest BCUT2D eigenvalue weighted by Crippen LogP contribution is -2.00. The van der Waals surface area contributed by atoms with Crippen LogP contribution < -0.4 is 0 Å². The summed E-state index contributed by atoms with van der Waals surface area (Å²) in [5, 5.41) is 8.37. The van der Waals surface area contributed by atoms with Crippen LogP contribution >= 0.6 is 0 Å². The lowest BCUT2D eigenvalue weighted by atomic mass is 10.2. The zero-order valence-electron chi connectivity index (χ0n) is 13.2. The zero-order chi connectivity index (χ0) is 15.6. The highest BCUT2D eigenvalue weighted by Gasteiger charge is 2.05. The number of methoxy groups -OCH3 is 1. The summed E-state index contributed by atoms with van der Waals surface area (Å²) < 4.78 is 9.19. The van der Waals surface area contributed by atoms with Gasteiger partial charge >= 0.3 is 11.9 Å². The van der Waals surface area contributed by atoms with Crippen molar-refractivity contribution in [3.8, 4) is 0 Å². The maximum Gasteiger partial charge on any atom is 0.305 e. The van der Waals surface area contributed by atoms with Gasteiger partial charge in [0.15, 0.2) is 0 Å². The molecule has 0 aromatic carbocycles. The van der Waals surface area contributed by atoms with Crippen LogP contribution in [0, 0.1) is 0 Å². The van der Waals surface area contributed by atoms with Gasteiger partial charge in [-0.1, -0.05) is 27.7 Å². The summed E-state index contributed by atoms with van der Waals surface area (Å²) in [5.41, 5.74) is 0. The van der Waals surface area contributed by atoms with Crippen molar-refractivity contribution in [2.75, 3.05) is 20.3 Å². The van der Waals surface area contributed by atoms with Gasteiger partial charge in [0.2, 0.25) is 0 Å². The normalized spacial score (nSPS) is 13.0. The Hall–Kier alpha value is -1.10. The molecule has 0 bridgehead atoms. The van der Waals surface area contributed by atoms with Gasteiger partial charge in [-0.25, -0.2) is 0 Å². The lowest BCUT2D eigenvalue weighted by Gasteiger charge is -1.96. The monoisotopic (exact) mass is 306 g/mol. The van der Waals surface area contributed by atoms with Gasteiger partial charge in [0.25, 0.3) is 0 Å². The summed E-state index contributed by atoms with van der Waals surface area (Å²) >= 11 is 0. The molecule has 0 unspecified atom stereocenters. The third-order valence-corrected chi connectivity index (χ3v) is 2.55. The molecule has 0 radical (unpaired) electrons. The summed E-state index contributed by atoms with van der Waals surface area (Å²) in [4.78, 5) is 21.0. The summed E-state index contributed by atoms with van der Waals surface area (Å²) in [5.74, 6) is -0.194. The average Bonchev–Trinajstić information content (AvgIpc) is 2.74. The Balaban J connectivity index is -0.000000268. The van der Waals surface area contributed by atoms with Crippen molar-refractivity contribution in [1.82, 2.24) is 0 Å². The van der Waals surface area contributed by atoms with Gasteiger partial charge < -0.3 is 14.6 Å². The molecule has 1 aliphatic rings. The van der Waals surface area contributed by atoms with Crippen LogP contribution in [0.25, 0.3) is 0 Å². The van der Waals surface area contributed by atoms with Crippen LogP contribution in [0.3, 0.4) is 0 Å². The first-order valence-electron chi connectivity index (χ1n) is 7.54. The quantitative estimate of drug-likeness (QED) is 0.622. The molecule has 1 fully saturated rings. The van der Waals surface area contributed by atoms with Gasteiger partial charge in [-0.3, -0.25) is 9.59 Å². The van der Waals surface area contributed by atoms with E-state index in [1.807, 2.05) is 13.8 Å². The minimum absolute atomic E-state index is 0. The Morgan fingerprint density at radius 3 is 2.43 bits per heavy atom. The topological polar surface area (TPSA) is 72.8 Å². The molecule has 0 aliphatic carbocycles. The van der Waals surface area contributed by atoms with Gasteiger partial charge in [-0.15, -0.1) is 0 Å². The molecular weight excluding hydrogens is 272 g/mol. The highest BCUT2D eigenvalue weighted by Crippen LogP contribution is 2.06. The summed E-state index contributed by atoms with van der Waals surface area (Å²) in [7, 11) is 1.38. The Morgan fingerprint density at radius 1 is 1.19 bits per heavy atom. The van der Waals surface area contributed by atoms with Crippen LogP contribution in [0.4, 0.5) is 0 Å². The highest BCUT2D eigenvalue weighted by atomic mass is 16.5. The number of hydrogen-bond acceptors (Lipinski definition) is 5. The van der Waals surface area contributed by atoms with Crippen molar-refractivity contribution in [3.63, 3.8) is 0 Å². The van der Waals surface area contributed by atoms with Gasteiger partial charge in [-0.05, 0) is 32.1 Å². The second kappa shape index (κ2) is 21.2. The first-order chi connectivity index (χ1) is 9.70. The molecule has 5 nitrogen and oxygen atoms in total. The van der Waals surface area contributed by atoms with Gasteiger partial charge in [0, 0.05) is 19.4 Å². The molecule has 1 heterocycles. The Bertz CT molecular complexity index is 219. The first kappa shape index (κ1) is 24.9. The van der Waals surface area contributed by atoms with Crippen LogP contribution in [0.2, 0.25) is 0 Å².